The smallest absolute Gasteiger partial charge is 0.306 e. The molecule has 0 unspecified atom stereocenters. The first-order valence-corrected chi connectivity index (χ1v) is 11.1. The Morgan fingerprint density at radius 1 is 0.966 bits per heavy atom. The van der Waals surface area contributed by atoms with Gasteiger partial charge in [0, 0.05) is 11.8 Å². The first-order chi connectivity index (χ1) is 14.2. The second-order valence-electron chi connectivity index (χ2n) is 8.06. The van der Waals surface area contributed by atoms with Crippen molar-refractivity contribution in [3.05, 3.63) is 76.9 Å². The minimum Gasteiger partial charge on any atom is -0.469 e. The standard InChI is InChI=1S/C27H34O2/c1-4-6-15-21(20-13-9-8-10-14-20)27-24(16-7-5-2)22-17-11-12-18-23(22)25(27)19-26(28)29-3/h8-14,17-18,21,25H,4-7,15-16,19H2,1-3H3/t21-,25-/m1/s1. The number of allylic oxidation sites excluding steroid dienone is 2. The maximum atomic E-state index is 12.4. The van der Waals surface area contributed by atoms with Gasteiger partial charge < -0.3 is 4.74 Å². The van der Waals surface area contributed by atoms with Gasteiger partial charge in [0.25, 0.3) is 0 Å². The summed E-state index contributed by atoms with van der Waals surface area (Å²) in [6, 6.07) is 19.6. The average Bonchev–Trinajstić information content (AvgIpc) is 3.06. The Morgan fingerprint density at radius 2 is 1.66 bits per heavy atom. The van der Waals surface area contributed by atoms with Gasteiger partial charge in [-0.3, -0.25) is 4.79 Å². The fourth-order valence-corrected chi connectivity index (χ4v) is 4.76. The quantitative estimate of drug-likeness (QED) is 0.399. The van der Waals surface area contributed by atoms with Crippen LogP contribution in [0.5, 0.6) is 0 Å². The van der Waals surface area contributed by atoms with Gasteiger partial charge in [0.15, 0.2) is 0 Å². The number of ether oxygens (including phenoxy) is 1. The molecule has 0 aliphatic heterocycles. The molecule has 29 heavy (non-hydrogen) atoms. The zero-order chi connectivity index (χ0) is 20.6. The first-order valence-electron chi connectivity index (χ1n) is 11.1. The van der Waals surface area contributed by atoms with E-state index in [9.17, 15) is 4.79 Å². The zero-order valence-electron chi connectivity index (χ0n) is 18.1. The van der Waals surface area contributed by atoms with Gasteiger partial charge >= 0.3 is 5.97 Å². The van der Waals surface area contributed by atoms with Crippen LogP contribution in [0.3, 0.4) is 0 Å². The van der Waals surface area contributed by atoms with Crippen molar-refractivity contribution in [3.63, 3.8) is 0 Å². The second kappa shape index (κ2) is 10.4. The van der Waals surface area contributed by atoms with E-state index in [2.05, 4.69) is 68.4 Å². The molecule has 0 radical (unpaired) electrons. The van der Waals surface area contributed by atoms with E-state index in [-0.39, 0.29) is 11.9 Å². The Bertz CT molecular complexity index is 835. The van der Waals surface area contributed by atoms with Gasteiger partial charge in [0.1, 0.15) is 0 Å². The Kier molecular flexibility index (Phi) is 7.69. The molecular weight excluding hydrogens is 356 g/mol. The third-order valence-electron chi connectivity index (χ3n) is 6.19. The maximum absolute atomic E-state index is 12.4. The van der Waals surface area contributed by atoms with Crippen molar-refractivity contribution < 1.29 is 9.53 Å². The lowest BCUT2D eigenvalue weighted by Gasteiger charge is -2.26. The van der Waals surface area contributed by atoms with Crippen LogP contribution in [0, 0.1) is 0 Å². The second-order valence-corrected chi connectivity index (χ2v) is 8.06. The number of methoxy groups -OCH3 is 1. The lowest BCUT2D eigenvalue weighted by molar-refractivity contribution is -0.140. The summed E-state index contributed by atoms with van der Waals surface area (Å²) >= 11 is 0. The number of rotatable bonds is 10. The molecule has 0 spiro atoms. The first kappa shape index (κ1) is 21.4. The van der Waals surface area contributed by atoms with Crippen LogP contribution in [-0.4, -0.2) is 13.1 Å². The van der Waals surface area contributed by atoms with Crippen LogP contribution in [0.2, 0.25) is 0 Å². The summed E-state index contributed by atoms with van der Waals surface area (Å²) in [4.78, 5) is 12.4. The number of hydrogen-bond donors (Lipinski definition) is 0. The molecule has 2 aromatic carbocycles. The zero-order valence-corrected chi connectivity index (χ0v) is 18.1. The van der Waals surface area contributed by atoms with Crippen LogP contribution < -0.4 is 0 Å². The number of esters is 1. The van der Waals surface area contributed by atoms with E-state index in [1.54, 1.807) is 0 Å². The minimum atomic E-state index is -0.124. The summed E-state index contributed by atoms with van der Waals surface area (Å²) in [5, 5.41) is 0. The number of benzene rings is 2. The highest BCUT2D eigenvalue weighted by Crippen LogP contribution is 2.52. The minimum absolute atomic E-state index is 0.118. The molecule has 2 aromatic rings. The molecule has 0 N–H and O–H groups in total. The summed E-state index contributed by atoms with van der Waals surface area (Å²) in [7, 11) is 1.50. The molecule has 1 aliphatic rings. The van der Waals surface area contributed by atoms with Gasteiger partial charge in [-0.05, 0) is 41.5 Å². The Labute approximate surface area is 176 Å². The molecule has 0 bridgehead atoms. The highest BCUT2D eigenvalue weighted by atomic mass is 16.5. The SMILES string of the molecule is CCCCC1=C([C@H](CCCC)c2ccccc2)[C@H](CC(=O)OC)c2ccccc21. The van der Waals surface area contributed by atoms with Crippen molar-refractivity contribution in [2.24, 2.45) is 0 Å². The number of unbranched alkanes of at least 4 members (excludes halogenated alkanes) is 2. The van der Waals surface area contributed by atoms with E-state index in [0.717, 1.165) is 12.8 Å². The van der Waals surface area contributed by atoms with Crippen molar-refractivity contribution in [1.29, 1.82) is 0 Å². The number of fused-ring (bicyclic) bond motifs is 1. The normalized spacial score (nSPS) is 16.6. The third-order valence-corrected chi connectivity index (χ3v) is 6.19. The van der Waals surface area contributed by atoms with Crippen LogP contribution in [0.1, 0.15) is 87.3 Å². The molecule has 2 heteroatoms. The third kappa shape index (κ3) is 4.80. The monoisotopic (exact) mass is 390 g/mol. The fourth-order valence-electron chi connectivity index (χ4n) is 4.76. The molecule has 2 nitrogen and oxygen atoms in total. The molecule has 0 heterocycles. The van der Waals surface area contributed by atoms with Crippen molar-refractivity contribution in [1.82, 2.24) is 0 Å². The summed E-state index contributed by atoms with van der Waals surface area (Å²) in [5.41, 5.74) is 6.96. The van der Waals surface area contributed by atoms with E-state index < -0.39 is 0 Å². The molecule has 0 amide bonds. The largest absolute Gasteiger partial charge is 0.469 e. The van der Waals surface area contributed by atoms with Crippen LogP contribution >= 0.6 is 0 Å². The van der Waals surface area contributed by atoms with Gasteiger partial charge in [0.05, 0.1) is 13.5 Å². The molecule has 154 valence electrons. The molecule has 0 fully saturated rings. The Hall–Kier alpha value is -2.35. The Balaban J connectivity index is 2.14. The number of hydrogen-bond acceptors (Lipinski definition) is 2. The van der Waals surface area contributed by atoms with Crippen LogP contribution in [0.15, 0.2) is 60.2 Å². The van der Waals surface area contributed by atoms with Crippen molar-refractivity contribution in [2.45, 2.75) is 70.6 Å². The Morgan fingerprint density at radius 3 is 2.34 bits per heavy atom. The average molecular weight is 391 g/mol. The van der Waals surface area contributed by atoms with E-state index in [4.69, 9.17) is 4.74 Å². The highest BCUT2D eigenvalue weighted by Gasteiger charge is 2.36. The fraction of sp³-hybridized carbons (Fsp3) is 0.444. The lowest BCUT2D eigenvalue weighted by Crippen LogP contribution is -2.14. The van der Waals surface area contributed by atoms with Crippen LogP contribution in [0.4, 0.5) is 0 Å². The number of carbonyl (C=O) groups excluding carboxylic acids is 1. The molecular formula is C27H34O2. The molecule has 3 rings (SSSR count). The van der Waals surface area contributed by atoms with E-state index >= 15 is 0 Å². The summed E-state index contributed by atoms with van der Waals surface area (Å²) in [5.74, 6) is 0.346. The van der Waals surface area contributed by atoms with Gasteiger partial charge in [-0.1, -0.05) is 93.3 Å². The van der Waals surface area contributed by atoms with Crippen molar-refractivity contribution in [2.75, 3.05) is 7.11 Å². The predicted octanol–water partition coefficient (Wildman–Crippen LogP) is 7.26. The number of carbonyl (C=O) groups is 1. The molecule has 0 saturated heterocycles. The van der Waals surface area contributed by atoms with Gasteiger partial charge in [0.2, 0.25) is 0 Å². The molecule has 0 saturated carbocycles. The van der Waals surface area contributed by atoms with Crippen LogP contribution in [-0.2, 0) is 9.53 Å². The van der Waals surface area contributed by atoms with E-state index in [1.165, 1.54) is 60.6 Å². The van der Waals surface area contributed by atoms with Crippen molar-refractivity contribution >= 4 is 11.5 Å². The van der Waals surface area contributed by atoms with Crippen LogP contribution in [0.25, 0.3) is 5.57 Å². The lowest BCUT2D eigenvalue weighted by atomic mass is 9.78. The summed E-state index contributed by atoms with van der Waals surface area (Å²) < 4.78 is 5.10. The molecule has 1 aliphatic carbocycles. The van der Waals surface area contributed by atoms with Gasteiger partial charge in [-0.2, -0.15) is 0 Å². The van der Waals surface area contributed by atoms with Gasteiger partial charge in [-0.25, -0.2) is 0 Å². The predicted molar refractivity (Wildman–Crippen MR) is 121 cm³/mol. The van der Waals surface area contributed by atoms with E-state index in [0.29, 0.717) is 12.3 Å². The topological polar surface area (TPSA) is 26.3 Å². The summed E-state index contributed by atoms with van der Waals surface area (Å²) in [6.07, 6.45) is 7.33. The van der Waals surface area contributed by atoms with Gasteiger partial charge in [-0.15, -0.1) is 0 Å². The van der Waals surface area contributed by atoms with E-state index in [1.807, 2.05) is 0 Å². The highest BCUT2D eigenvalue weighted by molar-refractivity contribution is 5.83. The maximum Gasteiger partial charge on any atom is 0.306 e. The molecule has 0 aromatic heterocycles. The summed E-state index contributed by atoms with van der Waals surface area (Å²) in [6.45, 7) is 4.50. The van der Waals surface area contributed by atoms with Crippen molar-refractivity contribution in [3.8, 4) is 0 Å². The molecule has 2 atom stereocenters.